The first-order valence-corrected chi connectivity index (χ1v) is 13.6. The third-order valence-corrected chi connectivity index (χ3v) is 6.14. The molecule has 0 rings (SSSR count). The molecule has 0 radical (unpaired) electrons. The Bertz CT molecular complexity index is 533. The molecule has 0 atom stereocenters. The molecular weight excluding hydrogens is 452 g/mol. The van der Waals surface area contributed by atoms with Crippen LogP contribution in [-0.2, 0) is 19.2 Å². The standard InChI is InChI=1S/C14H26O4.C13H24O4/c1-2-3-4-5-6-7-8-9-10-11-12(13(15)16)14(17)18;1-2-3-4-5-6-7-8-9-10-11(12(14)15)13(16)17/h12H,2-11H2,1H3,(H,15,16)(H,17,18);11H,2-10H2,1H3,(H,14,15)(H,16,17). The third-order valence-electron chi connectivity index (χ3n) is 6.14. The predicted molar refractivity (Wildman–Crippen MR) is 137 cm³/mol. The van der Waals surface area contributed by atoms with Crippen molar-refractivity contribution in [2.75, 3.05) is 0 Å². The van der Waals surface area contributed by atoms with E-state index in [1.807, 2.05) is 0 Å². The summed E-state index contributed by atoms with van der Waals surface area (Å²) in [5.74, 6) is -7.34. The topological polar surface area (TPSA) is 149 Å². The third kappa shape index (κ3) is 23.4. The summed E-state index contributed by atoms with van der Waals surface area (Å²) in [6.07, 6.45) is 19.7. The van der Waals surface area contributed by atoms with Crippen LogP contribution >= 0.6 is 0 Å². The molecule has 0 aromatic heterocycles. The van der Waals surface area contributed by atoms with Crippen molar-refractivity contribution < 1.29 is 39.6 Å². The molecule has 0 aromatic rings. The summed E-state index contributed by atoms with van der Waals surface area (Å²) in [6.45, 7) is 4.37. The zero-order chi connectivity index (χ0) is 26.9. The smallest absolute Gasteiger partial charge is 0.317 e. The van der Waals surface area contributed by atoms with Crippen LogP contribution in [0.25, 0.3) is 0 Å². The van der Waals surface area contributed by atoms with Crippen LogP contribution in [0.5, 0.6) is 0 Å². The average Bonchev–Trinajstić information content (AvgIpc) is 2.78. The van der Waals surface area contributed by atoms with Crippen molar-refractivity contribution in [2.45, 2.75) is 136 Å². The van der Waals surface area contributed by atoms with Crippen molar-refractivity contribution in [3.63, 3.8) is 0 Å². The van der Waals surface area contributed by atoms with Crippen molar-refractivity contribution >= 4 is 23.9 Å². The van der Waals surface area contributed by atoms with Crippen LogP contribution in [0.15, 0.2) is 0 Å². The molecule has 0 aliphatic heterocycles. The van der Waals surface area contributed by atoms with Gasteiger partial charge in [-0.05, 0) is 12.8 Å². The van der Waals surface area contributed by atoms with E-state index < -0.39 is 35.7 Å². The largest absolute Gasteiger partial charge is 0.481 e. The average molecular weight is 503 g/mol. The van der Waals surface area contributed by atoms with Gasteiger partial charge in [-0.3, -0.25) is 19.2 Å². The van der Waals surface area contributed by atoms with Crippen molar-refractivity contribution in [3.8, 4) is 0 Å². The van der Waals surface area contributed by atoms with E-state index in [0.717, 1.165) is 25.7 Å². The molecule has 0 heterocycles. The zero-order valence-corrected chi connectivity index (χ0v) is 22.0. The molecule has 0 amide bonds. The summed E-state index contributed by atoms with van der Waals surface area (Å²) in [5, 5.41) is 34.7. The zero-order valence-electron chi connectivity index (χ0n) is 22.0. The van der Waals surface area contributed by atoms with Crippen LogP contribution in [0.4, 0.5) is 0 Å². The van der Waals surface area contributed by atoms with E-state index in [9.17, 15) is 19.2 Å². The molecule has 0 spiro atoms. The van der Waals surface area contributed by atoms with E-state index in [0.29, 0.717) is 12.8 Å². The van der Waals surface area contributed by atoms with Gasteiger partial charge < -0.3 is 20.4 Å². The van der Waals surface area contributed by atoms with E-state index in [1.165, 1.54) is 70.6 Å². The van der Waals surface area contributed by atoms with Crippen molar-refractivity contribution in [2.24, 2.45) is 11.8 Å². The van der Waals surface area contributed by atoms with E-state index in [-0.39, 0.29) is 12.8 Å². The van der Waals surface area contributed by atoms with E-state index in [2.05, 4.69) is 13.8 Å². The quantitative estimate of drug-likeness (QED) is 0.0862. The van der Waals surface area contributed by atoms with E-state index >= 15 is 0 Å². The first-order valence-electron chi connectivity index (χ1n) is 13.6. The van der Waals surface area contributed by atoms with Gasteiger partial charge in [0.1, 0.15) is 0 Å². The highest BCUT2D eigenvalue weighted by Gasteiger charge is 2.25. The molecule has 206 valence electrons. The van der Waals surface area contributed by atoms with Crippen LogP contribution in [0.2, 0.25) is 0 Å². The number of carboxylic acids is 4. The SMILES string of the molecule is CCCCCCCCCCC(C(=O)O)C(=O)O.CCCCCCCCCCCC(C(=O)O)C(=O)O. The molecule has 8 heteroatoms. The van der Waals surface area contributed by atoms with Crippen molar-refractivity contribution in [3.05, 3.63) is 0 Å². The Morgan fingerprint density at radius 2 is 0.600 bits per heavy atom. The van der Waals surface area contributed by atoms with Gasteiger partial charge in [-0.15, -0.1) is 0 Å². The first-order chi connectivity index (χ1) is 16.7. The highest BCUT2D eigenvalue weighted by molar-refractivity contribution is 5.93. The number of carbonyl (C=O) groups is 4. The van der Waals surface area contributed by atoms with Gasteiger partial charge >= 0.3 is 23.9 Å². The number of hydrogen-bond acceptors (Lipinski definition) is 4. The minimum absolute atomic E-state index is 0.250. The minimum Gasteiger partial charge on any atom is -0.481 e. The maximum atomic E-state index is 10.6. The molecule has 0 fully saturated rings. The van der Waals surface area contributed by atoms with Crippen molar-refractivity contribution in [1.82, 2.24) is 0 Å². The Hall–Kier alpha value is -2.12. The molecule has 0 bridgehead atoms. The molecule has 8 nitrogen and oxygen atoms in total. The summed E-state index contributed by atoms with van der Waals surface area (Å²) in [6, 6.07) is 0. The molecule has 35 heavy (non-hydrogen) atoms. The number of aliphatic carboxylic acids is 4. The molecule has 0 aliphatic rings. The fourth-order valence-corrected chi connectivity index (χ4v) is 3.85. The highest BCUT2D eigenvalue weighted by atomic mass is 16.4. The van der Waals surface area contributed by atoms with Crippen LogP contribution in [0.3, 0.4) is 0 Å². The minimum atomic E-state index is -1.23. The van der Waals surface area contributed by atoms with Gasteiger partial charge in [0, 0.05) is 0 Å². The molecule has 0 unspecified atom stereocenters. The molecular formula is C27H50O8. The maximum absolute atomic E-state index is 10.6. The Labute approximate surface area is 211 Å². The number of unbranched alkanes of at least 4 members (excludes halogenated alkanes) is 15. The predicted octanol–water partition coefficient (Wildman–Crippen LogP) is 7.00. The summed E-state index contributed by atoms with van der Waals surface area (Å²) in [7, 11) is 0. The van der Waals surface area contributed by atoms with E-state index in [4.69, 9.17) is 20.4 Å². The lowest BCUT2D eigenvalue weighted by molar-refractivity contribution is -0.156. The van der Waals surface area contributed by atoms with Gasteiger partial charge in [-0.2, -0.15) is 0 Å². The maximum Gasteiger partial charge on any atom is 0.317 e. The summed E-state index contributed by atoms with van der Waals surface area (Å²) < 4.78 is 0. The van der Waals surface area contributed by atoms with Gasteiger partial charge in [0.15, 0.2) is 11.8 Å². The fourth-order valence-electron chi connectivity index (χ4n) is 3.85. The fraction of sp³-hybridized carbons (Fsp3) is 0.852. The normalized spacial score (nSPS) is 10.7. The number of rotatable bonds is 23. The van der Waals surface area contributed by atoms with Gasteiger partial charge in [0.2, 0.25) is 0 Å². The summed E-state index contributed by atoms with van der Waals surface area (Å²) >= 11 is 0. The lowest BCUT2D eigenvalue weighted by Gasteiger charge is -2.06. The van der Waals surface area contributed by atoms with Gasteiger partial charge in [0.05, 0.1) is 0 Å². The van der Waals surface area contributed by atoms with Crippen molar-refractivity contribution in [1.29, 1.82) is 0 Å². The number of carboxylic acid groups (broad SMARTS) is 4. The lowest BCUT2D eigenvalue weighted by Crippen LogP contribution is -2.23. The molecule has 0 saturated heterocycles. The van der Waals surface area contributed by atoms with Gasteiger partial charge in [-0.25, -0.2) is 0 Å². The van der Waals surface area contributed by atoms with Crippen LogP contribution in [0.1, 0.15) is 136 Å². The molecule has 4 N–H and O–H groups in total. The number of hydrogen-bond donors (Lipinski definition) is 4. The Balaban J connectivity index is 0. The molecule has 0 aliphatic carbocycles. The van der Waals surface area contributed by atoms with Crippen LogP contribution < -0.4 is 0 Å². The van der Waals surface area contributed by atoms with Crippen LogP contribution in [0, 0.1) is 11.8 Å². The Morgan fingerprint density at radius 1 is 0.400 bits per heavy atom. The monoisotopic (exact) mass is 502 g/mol. The highest BCUT2D eigenvalue weighted by Crippen LogP contribution is 2.15. The second-order valence-corrected chi connectivity index (χ2v) is 9.34. The van der Waals surface area contributed by atoms with Gasteiger partial charge in [-0.1, -0.05) is 123 Å². The van der Waals surface area contributed by atoms with E-state index in [1.54, 1.807) is 0 Å². The first kappa shape index (κ1) is 35.0. The summed E-state index contributed by atoms with van der Waals surface area (Å²) in [5.41, 5.74) is 0. The summed E-state index contributed by atoms with van der Waals surface area (Å²) in [4.78, 5) is 42.4. The lowest BCUT2D eigenvalue weighted by atomic mass is 10.00. The second-order valence-electron chi connectivity index (χ2n) is 9.34. The van der Waals surface area contributed by atoms with Gasteiger partial charge in [0.25, 0.3) is 0 Å². The Kier molecular flexibility index (Phi) is 25.0. The molecule has 0 aromatic carbocycles. The molecule has 0 saturated carbocycles. The Morgan fingerprint density at radius 3 is 0.800 bits per heavy atom. The van der Waals surface area contributed by atoms with Crippen LogP contribution in [-0.4, -0.2) is 44.3 Å². The second kappa shape index (κ2) is 25.0.